The van der Waals surface area contributed by atoms with Crippen molar-refractivity contribution in [3.8, 4) is 5.75 Å². The first-order chi connectivity index (χ1) is 8.16. The van der Waals surface area contributed by atoms with Crippen LogP contribution < -0.4 is 10.5 Å². The van der Waals surface area contributed by atoms with Crippen molar-refractivity contribution >= 4 is 28.9 Å². The van der Waals surface area contributed by atoms with E-state index in [4.69, 9.17) is 33.7 Å². The largest absolute Gasteiger partial charge is 0.487 e. The summed E-state index contributed by atoms with van der Waals surface area (Å²) in [5, 5.41) is 1.20. The van der Waals surface area contributed by atoms with Crippen LogP contribution in [0.15, 0.2) is 42.5 Å². The van der Waals surface area contributed by atoms with E-state index >= 15 is 0 Å². The van der Waals surface area contributed by atoms with Gasteiger partial charge in [0.25, 0.3) is 0 Å². The van der Waals surface area contributed by atoms with Crippen LogP contribution >= 0.6 is 23.2 Å². The number of ether oxygens (including phenoxy) is 1. The zero-order valence-electron chi connectivity index (χ0n) is 8.99. The van der Waals surface area contributed by atoms with Crippen molar-refractivity contribution in [1.82, 2.24) is 0 Å². The highest BCUT2D eigenvalue weighted by Crippen LogP contribution is 2.25. The summed E-state index contributed by atoms with van der Waals surface area (Å²) in [6.45, 7) is 0.365. The lowest BCUT2D eigenvalue weighted by atomic mass is 10.2. The lowest BCUT2D eigenvalue weighted by Crippen LogP contribution is -1.99. The number of benzene rings is 2. The van der Waals surface area contributed by atoms with Gasteiger partial charge in [-0.2, -0.15) is 0 Å². The molecule has 0 saturated carbocycles. The molecule has 0 radical (unpaired) electrons. The monoisotopic (exact) mass is 267 g/mol. The van der Waals surface area contributed by atoms with E-state index in [9.17, 15) is 0 Å². The Morgan fingerprint density at radius 3 is 2.53 bits per heavy atom. The van der Waals surface area contributed by atoms with E-state index in [1.807, 2.05) is 24.3 Å². The van der Waals surface area contributed by atoms with Crippen molar-refractivity contribution in [2.75, 3.05) is 5.73 Å². The topological polar surface area (TPSA) is 35.2 Å². The Bertz CT molecular complexity index is 529. The van der Waals surface area contributed by atoms with E-state index in [2.05, 4.69) is 0 Å². The van der Waals surface area contributed by atoms with Gasteiger partial charge in [-0.15, -0.1) is 0 Å². The SMILES string of the molecule is Nc1ccccc1OCc1ccc(Cl)cc1Cl. The van der Waals surface area contributed by atoms with Gasteiger partial charge in [-0.3, -0.25) is 0 Å². The van der Waals surface area contributed by atoms with E-state index in [0.717, 1.165) is 5.56 Å². The minimum Gasteiger partial charge on any atom is -0.487 e. The summed E-state index contributed by atoms with van der Waals surface area (Å²) >= 11 is 11.9. The van der Waals surface area contributed by atoms with Crippen LogP contribution in [0.4, 0.5) is 5.69 Å². The molecule has 2 N–H and O–H groups in total. The average Bonchev–Trinajstić information content (AvgIpc) is 2.30. The van der Waals surface area contributed by atoms with Gasteiger partial charge in [0.15, 0.2) is 0 Å². The summed E-state index contributed by atoms with van der Waals surface area (Å²) in [4.78, 5) is 0. The van der Waals surface area contributed by atoms with Crippen molar-refractivity contribution in [2.24, 2.45) is 0 Å². The predicted molar refractivity (Wildman–Crippen MR) is 71.6 cm³/mol. The van der Waals surface area contributed by atoms with Crippen molar-refractivity contribution in [3.05, 3.63) is 58.1 Å². The molecule has 0 spiro atoms. The Morgan fingerprint density at radius 2 is 1.82 bits per heavy atom. The molecular weight excluding hydrogens is 257 g/mol. The Balaban J connectivity index is 2.10. The maximum absolute atomic E-state index is 6.04. The molecule has 0 atom stereocenters. The minimum atomic E-state index is 0.365. The van der Waals surface area contributed by atoms with E-state index in [1.54, 1.807) is 18.2 Å². The van der Waals surface area contributed by atoms with Gasteiger partial charge in [0, 0.05) is 15.6 Å². The second-order valence-electron chi connectivity index (χ2n) is 3.56. The first-order valence-electron chi connectivity index (χ1n) is 5.08. The van der Waals surface area contributed by atoms with Crippen LogP contribution in [0.5, 0.6) is 5.75 Å². The summed E-state index contributed by atoms with van der Waals surface area (Å²) in [6, 6.07) is 12.6. The zero-order chi connectivity index (χ0) is 12.3. The lowest BCUT2D eigenvalue weighted by molar-refractivity contribution is 0.308. The third-order valence-electron chi connectivity index (χ3n) is 2.32. The molecule has 17 heavy (non-hydrogen) atoms. The number of rotatable bonds is 3. The molecule has 0 bridgehead atoms. The second-order valence-corrected chi connectivity index (χ2v) is 4.41. The molecule has 2 nitrogen and oxygen atoms in total. The minimum absolute atomic E-state index is 0.365. The molecule has 0 saturated heterocycles. The number of para-hydroxylation sites is 2. The van der Waals surface area contributed by atoms with E-state index in [0.29, 0.717) is 28.1 Å². The lowest BCUT2D eigenvalue weighted by Gasteiger charge is -2.09. The molecule has 0 unspecified atom stereocenters. The van der Waals surface area contributed by atoms with Gasteiger partial charge >= 0.3 is 0 Å². The first kappa shape index (κ1) is 12.1. The Hall–Kier alpha value is -1.38. The fraction of sp³-hybridized carbons (Fsp3) is 0.0769. The Labute approximate surface area is 110 Å². The van der Waals surface area contributed by atoms with Gasteiger partial charge in [0.1, 0.15) is 12.4 Å². The average molecular weight is 268 g/mol. The summed E-state index contributed by atoms with van der Waals surface area (Å²) in [5.41, 5.74) is 7.25. The number of nitrogens with two attached hydrogens (primary N) is 1. The number of halogens is 2. The fourth-order valence-electron chi connectivity index (χ4n) is 1.41. The van der Waals surface area contributed by atoms with Gasteiger partial charge < -0.3 is 10.5 Å². The second kappa shape index (κ2) is 5.30. The Morgan fingerprint density at radius 1 is 1.06 bits per heavy atom. The van der Waals surface area contributed by atoms with E-state index < -0.39 is 0 Å². The highest BCUT2D eigenvalue weighted by atomic mass is 35.5. The standard InChI is InChI=1S/C13H11Cl2NO/c14-10-6-5-9(11(15)7-10)8-17-13-4-2-1-3-12(13)16/h1-7H,8,16H2. The molecule has 0 fully saturated rings. The normalized spacial score (nSPS) is 10.2. The van der Waals surface area contributed by atoms with Gasteiger partial charge in [-0.05, 0) is 24.3 Å². The Kier molecular flexibility index (Phi) is 3.77. The molecule has 2 rings (SSSR count). The van der Waals surface area contributed by atoms with Crippen LogP contribution in [-0.2, 0) is 6.61 Å². The summed E-state index contributed by atoms with van der Waals surface area (Å²) in [7, 11) is 0. The molecule has 2 aromatic carbocycles. The molecule has 0 aliphatic heterocycles. The van der Waals surface area contributed by atoms with E-state index in [-0.39, 0.29) is 0 Å². The third kappa shape index (κ3) is 3.05. The molecular formula is C13H11Cl2NO. The van der Waals surface area contributed by atoms with Crippen LogP contribution in [0.2, 0.25) is 10.0 Å². The van der Waals surface area contributed by atoms with Gasteiger partial charge in [0.2, 0.25) is 0 Å². The van der Waals surface area contributed by atoms with Crippen molar-refractivity contribution in [2.45, 2.75) is 6.61 Å². The van der Waals surface area contributed by atoms with Crippen LogP contribution in [0, 0.1) is 0 Å². The molecule has 0 amide bonds. The number of nitrogen functional groups attached to an aromatic ring is 1. The van der Waals surface area contributed by atoms with Crippen LogP contribution in [0.1, 0.15) is 5.56 Å². The highest BCUT2D eigenvalue weighted by Gasteiger charge is 2.03. The van der Waals surface area contributed by atoms with Gasteiger partial charge in [0.05, 0.1) is 5.69 Å². The quantitative estimate of drug-likeness (QED) is 0.848. The molecule has 0 aliphatic carbocycles. The van der Waals surface area contributed by atoms with Crippen LogP contribution in [-0.4, -0.2) is 0 Å². The molecule has 0 aromatic heterocycles. The molecule has 0 heterocycles. The van der Waals surface area contributed by atoms with Crippen LogP contribution in [0.3, 0.4) is 0 Å². The maximum Gasteiger partial charge on any atom is 0.142 e. The van der Waals surface area contributed by atoms with Gasteiger partial charge in [-0.1, -0.05) is 41.4 Å². The number of anilines is 1. The smallest absolute Gasteiger partial charge is 0.142 e. The van der Waals surface area contributed by atoms with Crippen molar-refractivity contribution < 1.29 is 4.74 Å². The number of hydrogen-bond acceptors (Lipinski definition) is 2. The molecule has 2 aromatic rings. The van der Waals surface area contributed by atoms with Crippen molar-refractivity contribution in [1.29, 1.82) is 0 Å². The summed E-state index contributed by atoms with van der Waals surface area (Å²) < 4.78 is 5.59. The third-order valence-corrected chi connectivity index (χ3v) is 2.90. The summed E-state index contributed by atoms with van der Waals surface area (Å²) in [6.07, 6.45) is 0. The van der Waals surface area contributed by atoms with Crippen LogP contribution in [0.25, 0.3) is 0 Å². The predicted octanol–water partition coefficient (Wildman–Crippen LogP) is 4.15. The molecule has 4 heteroatoms. The first-order valence-corrected chi connectivity index (χ1v) is 5.83. The zero-order valence-corrected chi connectivity index (χ0v) is 10.5. The number of hydrogen-bond donors (Lipinski definition) is 1. The maximum atomic E-state index is 6.04. The van der Waals surface area contributed by atoms with Gasteiger partial charge in [-0.25, -0.2) is 0 Å². The van der Waals surface area contributed by atoms with Crippen molar-refractivity contribution in [3.63, 3.8) is 0 Å². The molecule has 88 valence electrons. The summed E-state index contributed by atoms with van der Waals surface area (Å²) in [5.74, 6) is 0.651. The van der Waals surface area contributed by atoms with E-state index in [1.165, 1.54) is 0 Å². The fourth-order valence-corrected chi connectivity index (χ4v) is 1.87. The molecule has 0 aliphatic rings. The highest BCUT2D eigenvalue weighted by molar-refractivity contribution is 6.35.